The van der Waals surface area contributed by atoms with Gasteiger partial charge in [0, 0.05) is 16.8 Å². The first-order valence-corrected chi connectivity index (χ1v) is 5.92. The van der Waals surface area contributed by atoms with Crippen molar-refractivity contribution >= 4 is 29.2 Å². The van der Waals surface area contributed by atoms with Crippen LogP contribution in [0.1, 0.15) is 34.6 Å². The van der Waals surface area contributed by atoms with Crippen molar-refractivity contribution in [3.8, 4) is 0 Å². The highest BCUT2D eigenvalue weighted by Crippen LogP contribution is 2.20. The van der Waals surface area contributed by atoms with Crippen LogP contribution in [0.5, 0.6) is 0 Å². The summed E-state index contributed by atoms with van der Waals surface area (Å²) in [5.41, 5.74) is 1.02. The largest absolute Gasteiger partial charge is 0.322 e. The van der Waals surface area contributed by atoms with Crippen molar-refractivity contribution < 1.29 is 19.2 Å². The summed E-state index contributed by atoms with van der Waals surface area (Å²) in [5, 5.41) is 4.55. The van der Waals surface area contributed by atoms with Crippen LogP contribution in [0.2, 0.25) is 0 Å². The molecular formula is C14H12N2O4. The molecule has 6 heteroatoms. The van der Waals surface area contributed by atoms with Gasteiger partial charge in [0.15, 0.2) is 0 Å². The van der Waals surface area contributed by atoms with E-state index in [0.717, 1.165) is 0 Å². The molecule has 0 unspecified atom stereocenters. The number of fused-ring (bicyclic) bond motifs is 1. The van der Waals surface area contributed by atoms with Crippen molar-refractivity contribution in [2.45, 2.75) is 13.8 Å². The molecule has 0 atom stereocenters. The topological polar surface area (TPSA) is 92.3 Å². The highest BCUT2D eigenvalue weighted by molar-refractivity contribution is 6.49. The zero-order valence-electron chi connectivity index (χ0n) is 10.9. The Morgan fingerprint density at radius 1 is 1.15 bits per heavy atom. The predicted molar refractivity (Wildman–Crippen MR) is 71.3 cm³/mol. The van der Waals surface area contributed by atoms with E-state index >= 15 is 0 Å². The molecule has 0 bridgehead atoms. The lowest BCUT2D eigenvalue weighted by molar-refractivity contribution is -0.116. The van der Waals surface area contributed by atoms with Crippen LogP contribution >= 0.6 is 0 Å². The van der Waals surface area contributed by atoms with Crippen molar-refractivity contribution in [3.05, 3.63) is 41.0 Å². The monoisotopic (exact) mass is 272 g/mol. The Bertz CT molecular complexity index is 674. The van der Waals surface area contributed by atoms with Crippen LogP contribution in [0.3, 0.4) is 0 Å². The second-order valence-corrected chi connectivity index (χ2v) is 4.30. The third kappa shape index (κ3) is 2.35. The molecule has 0 spiro atoms. The first kappa shape index (κ1) is 13.7. The molecule has 102 valence electrons. The number of amides is 3. The van der Waals surface area contributed by atoms with E-state index in [1.54, 1.807) is 19.9 Å². The Morgan fingerprint density at radius 2 is 1.85 bits per heavy atom. The van der Waals surface area contributed by atoms with Gasteiger partial charge in [0.05, 0.1) is 5.56 Å². The van der Waals surface area contributed by atoms with Crippen LogP contribution in [0.15, 0.2) is 29.8 Å². The fourth-order valence-electron chi connectivity index (χ4n) is 1.72. The van der Waals surface area contributed by atoms with Crippen molar-refractivity contribution in [1.82, 2.24) is 5.32 Å². The number of hydrogen-bond donors (Lipinski definition) is 2. The predicted octanol–water partition coefficient (Wildman–Crippen LogP) is 1.04. The average Bonchev–Trinajstić information content (AvgIpc) is 2.44. The molecule has 2 N–H and O–H groups in total. The number of rotatable bonds is 2. The SMILES string of the molecule is C/C=C(\C)C(=O)Nc1ccc2c(c1)C(=O)NC(=O)C2=O. The van der Waals surface area contributed by atoms with Crippen molar-refractivity contribution in [1.29, 1.82) is 0 Å². The molecular weight excluding hydrogens is 260 g/mol. The van der Waals surface area contributed by atoms with Crippen LogP contribution in [0, 0.1) is 0 Å². The smallest absolute Gasteiger partial charge is 0.299 e. The number of anilines is 1. The second-order valence-electron chi connectivity index (χ2n) is 4.30. The van der Waals surface area contributed by atoms with Gasteiger partial charge in [0.1, 0.15) is 0 Å². The summed E-state index contributed by atoms with van der Waals surface area (Å²) < 4.78 is 0. The van der Waals surface area contributed by atoms with E-state index < -0.39 is 17.6 Å². The molecule has 6 nitrogen and oxygen atoms in total. The highest BCUT2D eigenvalue weighted by atomic mass is 16.2. The fourth-order valence-corrected chi connectivity index (χ4v) is 1.72. The van der Waals surface area contributed by atoms with E-state index in [0.29, 0.717) is 11.3 Å². The number of benzene rings is 1. The lowest BCUT2D eigenvalue weighted by Gasteiger charge is -2.15. The number of Topliss-reactive ketones (excluding diaryl/α,β-unsaturated/α-hetero) is 1. The van der Waals surface area contributed by atoms with Gasteiger partial charge in [-0.1, -0.05) is 6.08 Å². The molecule has 0 aromatic heterocycles. The molecule has 0 radical (unpaired) electrons. The van der Waals surface area contributed by atoms with E-state index in [4.69, 9.17) is 0 Å². The zero-order valence-corrected chi connectivity index (χ0v) is 10.9. The van der Waals surface area contributed by atoms with E-state index in [-0.39, 0.29) is 17.0 Å². The Balaban J connectivity index is 2.35. The summed E-state index contributed by atoms with van der Waals surface area (Å²) in [6.45, 7) is 3.39. The molecule has 0 saturated heterocycles. The molecule has 20 heavy (non-hydrogen) atoms. The quantitative estimate of drug-likeness (QED) is 0.478. The third-order valence-corrected chi connectivity index (χ3v) is 2.99. The molecule has 1 aromatic carbocycles. The van der Waals surface area contributed by atoms with Gasteiger partial charge < -0.3 is 5.32 Å². The number of nitrogens with one attached hydrogen (secondary N) is 2. The van der Waals surface area contributed by atoms with Gasteiger partial charge in [-0.3, -0.25) is 24.5 Å². The molecule has 1 aliphatic rings. The molecule has 0 saturated carbocycles. The van der Waals surface area contributed by atoms with Gasteiger partial charge in [-0.15, -0.1) is 0 Å². The summed E-state index contributed by atoms with van der Waals surface area (Å²) in [6, 6.07) is 4.20. The number of allylic oxidation sites excluding steroid dienone is 1. The van der Waals surface area contributed by atoms with Gasteiger partial charge in [-0.05, 0) is 32.0 Å². The average molecular weight is 272 g/mol. The van der Waals surface area contributed by atoms with Crippen molar-refractivity contribution in [3.63, 3.8) is 0 Å². The van der Waals surface area contributed by atoms with E-state index in [1.807, 2.05) is 5.32 Å². The second kappa shape index (κ2) is 5.08. The maximum absolute atomic E-state index is 11.7. The van der Waals surface area contributed by atoms with E-state index in [2.05, 4.69) is 5.32 Å². The maximum Gasteiger partial charge on any atom is 0.299 e. The van der Waals surface area contributed by atoms with Gasteiger partial charge in [-0.25, -0.2) is 0 Å². The summed E-state index contributed by atoms with van der Waals surface area (Å²) in [7, 11) is 0. The number of hydrogen-bond acceptors (Lipinski definition) is 4. The van der Waals surface area contributed by atoms with Gasteiger partial charge in [0.25, 0.3) is 23.5 Å². The molecule has 0 fully saturated rings. The summed E-state index contributed by atoms with van der Waals surface area (Å²) in [4.78, 5) is 46.2. The summed E-state index contributed by atoms with van der Waals surface area (Å²) >= 11 is 0. The first-order chi connectivity index (χ1) is 9.43. The van der Waals surface area contributed by atoms with E-state index in [9.17, 15) is 19.2 Å². The lowest BCUT2D eigenvalue weighted by Crippen LogP contribution is -2.42. The molecule has 1 aliphatic heterocycles. The Labute approximate surface area is 114 Å². The standard InChI is InChI=1S/C14H12N2O4/c1-3-7(2)12(18)15-8-4-5-9-10(6-8)13(19)16-14(20)11(9)17/h3-6H,1-2H3,(H,15,18)(H,16,19,20)/b7-3+. The Kier molecular flexibility index (Phi) is 3.47. The first-order valence-electron chi connectivity index (χ1n) is 5.92. The van der Waals surface area contributed by atoms with Crippen LogP contribution in [0.25, 0.3) is 0 Å². The normalized spacial score (nSPS) is 14.7. The minimum Gasteiger partial charge on any atom is -0.322 e. The van der Waals surface area contributed by atoms with Crippen molar-refractivity contribution in [2.24, 2.45) is 0 Å². The van der Waals surface area contributed by atoms with Crippen LogP contribution in [-0.2, 0) is 9.59 Å². The Hall–Kier alpha value is -2.76. The van der Waals surface area contributed by atoms with Crippen LogP contribution < -0.4 is 10.6 Å². The third-order valence-electron chi connectivity index (χ3n) is 2.99. The Morgan fingerprint density at radius 3 is 2.50 bits per heavy atom. The number of carbonyl (C=O) groups excluding carboxylic acids is 4. The van der Waals surface area contributed by atoms with E-state index in [1.165, 1.54) is 18.2 Å². The molecule has 2 rings (SSSR count). The minimum absolute atomic E-state index is 0.0412. The van der Waals surface area contributed by atoms with Crippen LogP contribution in [-0.4, -0.2) is 23.5 Å². The number of imide groups is 1. The van der Waals surface area contributed by atoms with Crippen molar-refractivity contribution in [2.75, 3.05) is 5.32 Å². The van der Waals surface area contributed by atoms with Gasteiger partial charge >= 0.3 is 0 Å². The molecule has 1 heterocycles. The number of ketones is 1. The lowest BCUT2D eigenvalue weighted by atomic mass is 9.98. The zero-order chi connectivity index (χ0) is 14.9. The summed E-state index contributed by atoms with van der Waals surface area (Å²) in [6.07, 6.45) is 1.66. The minimum atomic E-state index is -0.941. The maximum atomic E-state index is 11.7. The summed E-state index contributed by atoms with van der Waals surface area (Å²) in [5.74, 6) is -2.65. The fraction of sp³-hybridized carbons (Fsp3) is 0.143. The van der Waals surface area contributed by atoms with Crippen LogP contribution in [0.4, 0.5) is 5.69 Å². The highest BCUT2D eigenvalue weighted by Gasteiger charge is 2.30. The molecule has 3 amide bonds. The van der Waals surface area contributed by atoms with Gasteiger partial charge in [-0.2, -0.15) is 0 Å². The molecule has 0 aliphatic carbocycles. The van der Waals surface area contributed by atoms with Gasteiger partial charge in [0.2, 0.25) is 0 Å². The number of carbonyl (C=O) groups is 4. The molecule has 1 aromatic rings.